The Hall–Kier alpha value is -2.34. The first-order chi connectivity index (χ1) is 10.1. The molecule has 0 aliphatic carbocycles. The number of hydrogen-bond donors (Lipinski definition) is 2. The Balaban J connectivity index is 2.01. The standard InChI is InChI=1S/C15H20N4O2/c1-11(16)7-9-17-15(20)14-8-10-19(18-14)12-3-5-13(21-2)6-4-12/h3-6,8,10-11H,7,9,16H2,1-2H3,(H,17,20). The van der Waals surface area contributed by atoms with Crippen molar-refractivity contribution in [3.8, 4) is 11.4 Å². The Morgan fingerprint density at radius 2 is 2.10 bits per heavy atom. The van der Waals surface area contributed by atoms with Crippen LogP contribution in [0.2, 0.25) is 0 Å². The van der Waals surface area contributed by atoms with Gasteiger partial charge in [-0.15, -0.1) is 0 Å². The Bertz CT molecular complexity index is 590. The van der Waals surface area contributed by atoms with Crippen molar-refractivity contribution >= 4 is 5.91 Å². The molecule has 1 aromatic heterocycles. The van der Waals surface area contributed by atoms with Gasteiger partial charge in [0, 0.05) is 18.8 Å². The number of methoxy groups -OCH3 is 1. The third-order valence-corrected chi connectivity index (χ3v) is 3.04. The zero-order valence-corrected chi connectivity index (χ0v) is 12.2. The topological polar surface area (TPSA) is 82.2 Å². The van der Waals surface area contributed by atoms with Gasteiger partial charge in [0.25, 0.3) is 5.91 Å². The van der Waals surface area contributed by atoms with Crippen LogP contribution in [-0.2, 0) is 0 Å². The lowest BCUT2D eigenvalue weighted by atomic mass is 10.2. The van der Waals surface area contributed by atoms with E-state index in [0.717, 1.165) is 17.9 Å². The van der Waals surface area contributed by atoms with Crippen molar-refractivity contribution in [2.45, 2.75) is 19.4 Å². The highest BCUT2D eigenvalue weighted by Crippen LogP contribution is 2.14. The van der Waals surface area contributed by atoms with Crippen LogP contribution >= 0.6 is 0 Å². The molecule has 3 N–H and O–H groups in total. The molecule has 1 aromatic carbocycles. The first kappa shape index (κ1) is 15.1. The third-order valence-electron chi connectivity index (χ3n) is 3.04. The number of benzene rings is 1. The van der Waals surface area contributed by atoms with Gasteiger partial charge in [-0.05, 0) is 43.7 Å². The first-order valence-electron chi connectivity index (χ1n) is 6.84. The highest BCUT2D eigenvalue weighted by Gasteiger charge is 2.10. The molecule has 0 bridgehead atoms. The minimum Gasteiger partial charge on any atom is -0.497 e. The van der Waals surface area contributed by atoms with Gasteiger partial charge < -0.3 is 15.8 Å². The molecule has 0 saturated heterocycles. The van der Waals surface area contributed by atoms with Crippen LogP contribution in [0.15, 0.2) is 36.5 Å². The van der Waals surface area contributed by atoms with Crippen LogP contribution in [0.3, 0.4) is 0 Å². The van der Waals surface area contributed by atoms with Crippen molar-refractivity contribution in [3.63, 3.8) is 0 Å². The summed E-state index contributed by atoms with van der Waals surface area (Å²) < 4.78 is 6.76. The molecular formula is C15H20N4O2. The van der Waals surface area contributed by atoms with E-state index in [2.05, 4.69) is 10.4 Å². The number of amides is 1. The molecule has 2 rings (SSSR count). The Labute approximate surface area is 123 Å². The third kappa shape index (κ3) is 4.06. The van der Waals surface area contributed by atoms with Crippen molar-refractivity contribution < 1.29 is 9.53 Å². The lowest BCUT2D eigenvalue weighted by Gasteiger charge is -2.06. The second-order valence-electron chi connectivity index (χ2n) is 4.87. The SMILES string of the molecule is COc1ccc(-n2ccc(C(=O)NCCC(C)N)n2)cc1. The number of ether oxygens (including phenoxy) is 1. The van der Waals surface area contributed by atoms with Gasteiger partial charge in [0.1, 0.15) is 5.75 Å². The summed E-state index contributed by atoms with van der Waals surface area (Å²) in [6.45, 7) is 2.45. The molecule has 6 nitrogen and oxygen atoms in total. The maximum atomic E-state index is 11.9. The summed E-state index contributed by atoms with van der Waals surface area (Å²) in [5.74, 6) is 0.586. The lowest BCUT2D eigenvalue weighted by Crippen LogP contribution is -2.29. The van der Waals surface area contributed by atoms with Crippen molar-refractivity contribution in [2.75, 3.05) is 13.7 Å². The van der Waals surface area contributed by atoms with Crippen molar-refractivity contribution in [1.82, 2.24) is 15.1 Å². The zero-order chi connectivity index (χ0) is 15.2. The molecule has 21 heavy (non-hydrogen) atoms. The van der Waals surface area contributed by atoms with E-state index >= 15 is 0 Å². The first-order valence-corrected chi connectivity index (χ1v) is 6.84. The van der Waals surface area contributed by atoms with Gasteiger partial charge in [-0.3, -0.25) is 4.79 Å². The van der Waals surface area contributed by atoms with Crippen LogP contribution in [0, 0.1) is 0 Å². The smallest absolute Gasteiger partial charge is 0.271 e. The maximum Gasteiger partial charge on any atom is 0.271 e. The Morgan fingerprint density at radius 3 is 2.71 bits per heavy atom. The van der Waals surface area contributed by atoms with E-state index < -0.39 is 0 Å². The average molecular weight is 288 g/mol. The van der Waals surface area contributed by atoms with Crippen LogP contribution in [-0.4, -0.2) is 35.4 Å². The number of nitrogens with two attached hydrogens (primary N) is 1. The van der Waals surface area contributed by atoms with Crippen molar-refractivity contribution in [2.24, 2.45) is 5.73 Å². The molecule has 1 heterocycles. The summed E-state index contributed by atoms with van der Waals surface area (Å²) in [7, 11) is 1.62. The minimum atomic E-state index is -0.192. The van der Waals surface area contributed by atoms with Gasteiger partial charge in [0.05, 0.1) is 12.8 Å². The average Bonchev–Trinajstić information content (AvgIpc) is 2.97. The second kappa shape index (κ2) is 6.90. The fourth-order valence-electron chi connectivity index (χ4n) is 1.83. The molecule has 0 saturated carbocycles. The van der Waals surface area contributed by atoms with Crippen LogP contribution in [0.4, 0.5) is 0 Å². The number of carbonyl (C=O) groups is 1. The molecule has 0 aliphatic heterocycles. The number of carbonyl (C=O) groups excluding carboxylic acids is 1. The van der Waals surface area contributed by atoms with Gasteiger partial charge in [-0.1, -0.05) is 0 Å². The van der Waals surface area contributed by atoms with E-state index in [1.54, 1.807) is 24.1 Å². The van der Waals surface area contributed by atoms with Gasteiger partial charge in [-0.25, -0.2) is 4.68 Å². The molecule has 0 aliphatic rings. The zero-order valence-electron chi connectivity index (χ0n) is 12.2. The van der Waals surface area contributed by atoms with Crippen LogP contribution in [0.1, 0.15) is 23.8 Å². The normalized spacial score (nSPS) is 12.0. The predicted molar refractivity (Wildman–Crippen MR) is 80.7 cm³/mol. The number of nitrogens with zero attached hydrogens (tertiary/aromatic N) is 2. The van der Waals surface area contributed by atoms with Crippen molar-refractivity contribution in [1.29, 1.82) is 0 Å². The van der Waals surface area contributed by atoms with E-state index in [1.165, 1.54) is 0 Å². The molecule has 6 heteroatoms. The summed E-state index contributed by atoms with van der Waals surface area (Å²) >= 11 is 0. The summed E-state index contributed by atoms with van der Waals surface area (Å²) in [4.78, 5) is 11.9. The molecule has 0 radical (unpaired) electrons. The summed E-state index contributed by atoms with van der Waals surface area (Å²) in [5, 5.41) is 7.06. The van der Waals surface area contributed by atoms with Crippen molar-refractivity contribution in [3.05, 3.63) is 42.2 Å². The fourth-order valence-corrected chi connectivity index (χ4v) is 1.83. The highest BCUT2D eigenvalue weighted by atomic mass is 16.5. The van der Waals surface area contributed by atoms with Gasteiger partial charge in [0.2, 0.25) is 0 Å². The quantitative estimate of drug-likeness (QED) is 0.840. The second-order valence-corrected chi connectivity index (χ2v) is 4.87. The summed E-state index contributed by atoms with van der Waals surface area (Å²) in [6, 6.07) is 9.21. The van der Waals surface area contributed by atoms with Crippen LogP contribution < -0.4 is 15.8 Å². The maximum absolute atomic E-state index is 11.9. The van der Waals surface area contributed by atoms with E-state index in [0.29, 0.717) is 12.2 Å². The minimum absolute atomic E-state index is 0.0714. The summed E-state index contributed by atoms with van der Waals surface area (Å²) in [6.07, 6.45) is 2.49. The van der Waals surface area contributed by atoms with Crippen LogP contribution in [0.5, 0.6) is 5.75 Å². The number of aromatic nitrogens is 2. The largest absolute Gasteiger partial charge is 0.497 e. The number of rotatable bonds is 6. The Morgan fingerprint density at radius 1 is 1.38 bits per heavy atom. The lowest BCUT2D eigenvalue weighted by molar-refractivity contribution is 0.0947. The fraction of sp³-hybridized carbons (Fsp3) is 0.333. The predicted octanol–water partition coefficient (Wildman–Crippen LogP) is 1.35. The Kier molecular flexibility index (Phi) is 4.94. The van der Waals surface area contributed by atoms with E-state index in [-0.39, 0.29) is 11.9 Å². The molecule has 0 fully saturated rings. The molecule has 1 unspecified atom stereocenters. The highest BCUT2D eigenvalue weighted by molar-refractivity contribution is 5.92. The van der Waals surface area contributed by atoms with Gasteiger partial charge in [-0.2, -0.15) is 5.10 Å². The molecular weight excluding hydrogens is 268 g/mol. The van der Waals surface area contributed by atoms with Gasteiger partial charge in [0.15, 0.2) is 5.69 Å². The summed E-state index contributed by atoms with van der Waals surface area (Å²) in [5.41, 5.74) is 6.89. The van der Waals surface area contributed by atoms with Gasteiger partial charge >= 0.3 is 0 Å². The van der Waals surface area contributed by atoms with E-state index in [4.69, 9.17) is 10.5 Å². The molecule has 2 aromatic rings. The molecule has 1 atom stereocenters. The number of hydrogen-bond acceptors (Lipinski definition) is 4. The number of nitrogens with one attached hydrogen (secondary N) is 1. The van der Waals surface area contributed by atoms with E-state index in [9.17, 15) is 4.79 Å². The molecule has 1 amide bonds. The van der Waals surface area contributed by atoms with Crippen LogP contribution in [0.25, 0.3) is 5.69 Å². The monoisotopic (exact) mass is 288 g/mol. The van der Waals surface area contributed by atoms with E-state index in [1.807, 2.05) is 31.2 Å². The molecule has 112 valence electrons. The molecule has 0 spiro atoms.